The monoisotopic (exact) mass is 296 g/mol. The Kier molecular flexibility index (Phi) is 6.79. The van der Waals surface area contributed by atoms with Gasteiger partial charge in [-0.3, -0.25) is 0 Å². The fourth-order valence-corrected chi connectivity index (χ4v) is 2.37. The van der Waals surface area contributed by atoms with Crippen molar-refractivity contribution >= 4 is 29.4 Å². The normalized spacial score (nSPS) is 10.7. The zero-order valence-electron chi connectivity index (χ0n) is 11.8. The summed E-state index contributed by atoms with van der Waals surface area (Å²) in [6.07, 6.45) is 4.69. The molecule has 0 radical (unpaired) electrons. The molecule has 5 nitrogen and oxygen atoms in total. The van der Waals surface area contributed by atoms with E-state index in [0.717, 1.165) is 29.4 Å². The highest BCUT2D eigenvalue weighted by Gasteiger charge is 2.09. The molecule has 0 spiro atoms. The van der Waals surface area contributed by atoms with E-state index < -0.39 is 5.97 Å². The van der Waals surface area contributed by atoms with E-state index in [9.17, 15) is 9.59 Å². The maximum Gasteiger partial charge on any atom is 0.328 e. The van der Waals surface area contributed by atoms with Gasteiger partial charge >= 0.3 is 12.0 Å². The topological polar surface area (TPSA) is 69.6 Å². The van der Waals surface area contributed by atoms with Crippen LogP contribution in [0.1, 0.15) is 30.2 Å². The molecule has 0 atom stereocenters. The Morgan fingerprint density at radius 3 is 2.90 bits per heavy atom. The molecular formula is C14H20N2O3S. The van der Waals surface area contributed by atoms with Crippen molar-refractivity contribution in [3.05, 3.63) is 28.0 Å². The van der Waals surface area contributed by atoms with Gasteiger partial charge in [-0.1, -0.05) is 13.3 Å². The average molecular weight is 296 g/mol. The van der Waals surface area contributed by atoms with Gasteiger partial charge in [-0.15, -0.1) is 11.3 Å². The second-order valence-electron chi connectivity index (χ2n) is 4.47. The van der Waals surface area contributed by atoms with Gasteiger partial charge in [0.15, 0.2) is 0 Å². The highest BCUT2D eigenvalue weighted by atomic mass is 32.1. The largest absolute Gasteiger partial charge is 0.478 e. The molecule has 6 heteroatoms. The van der Waals surface area contributed by atoms with Crippen LogP contribution in [0, 0.1) is 0 Å². The molecule has 1 aromatic rings. The van der Waals surface area contributed by atoms with Crippen molar-refractivity contribution in [3.8, 4) is 0 Å². The van der Waals surface area contributed by atoms with Crippen LogP contribution in [-0.4, -0.2) is 35.6 Å². The van der Waals surface area contributed by atoms with Gasteiger partial charge in [0.2, 0.25) is 0 Å². The fourth-order valence-electron chi connectivity index (χ4n) is 1.57. The number of nitrogens with one attached hydrogen (secondary N) is 1. The van der Waals surface area contributed by atoms with Crippen LogP contribution in [0.4, 0.5) is 4.79 Å². The molecule has 1 aromatic heterocycles. The summed E-state index contributed by atoms with van der Waals surface area (Å²) in [7, 11) is 1.74. The molecule has 0 bridgehead atoms. The van der Waals surface area contributed by atoms with Gasteiger partial charge < -0.3 is 15.3 Å². The molecule has 0 aliphatic heterocycles. The minimum absolute atomic E-state index is 0.0905. The molecule has 2 amide bonds. The Morgan fingerprint density at radius 1 is 1.50 bits per heavy atom. The third-order valence-electron chi connectivity index (χ3n) is 2.64. The summed E-state index contributed by atoms with van der Waals surface area (Å²) in [5, 5.41) is 13.3. The summed E-state index contributed by atoms with van der Waals surface area (Å²) in [5.41, 5.74) is 0.994. The molecular weight excluding hydrogens is 276 g/mol. The third-order valence-corrected chi connectivity index (χ3v) is 3.58. The maximum atomic E-state index is 11.8. The molecule has 20 heavy (non-hydrogen) atoms. The number of rotatable bonds is 7. The maximum absolute atomic E-state index is 11.8. The second kappa shape index (κ2) is 8.37. The van der Waals surface area contributed by atoms with E-state index in [0.29, 0.717) is 13.1 Å². The summed E-state index contributed by atoms with van der Waals surface area (Å²) in [4.78, 5) is 24.7. The zero-order chi connectivity index (χ0) is 15.0. The van der Waals surface area contributed by atoms with Gasteiger partial charge in [0.25, 0.3) is 0 Å². The van der Waals surface area contributed by atoms with E-state index in [1.54, 1.807) is 18.0 Å². The summed E-state index contributed by atoms with van der Waals surface area (Å²) in [6, 6.07) is 1.80. The Labute approximate surface area is 122 Å². The van der Waals surface area contributed by atoms with Gasteiger partial charge in [0, 0.05) is 31.1 Å². The first-order valence-corrected chi connectivity index (χ1v) is 7.38. The lowest BCUT2D eigenvalue weighted by atomic mass is 10.3. The number of thiophene rings is 1. The van der Waals surface area contributed by atoms with Crippen molar-refractivity contribution < 1.29 is 14.7 Å². The first-order valence-electron chi connectivity index (χ1n) is 6.50. The van der Waals surface area contributed by atoms with Crippen LogP contribution in [-0.2, 0) is 11.3 Å². The Bertz CT molecular complexity index is 483. The van der Waals surface area contributed by atoms with Gasteiger partial charge in [0.05, 0.1) is 0 Å². The van der Waals surface area contributed by atoms with Crippen LogP contribution in [0.5, 0.6) is 0 Å². The van der Waals surface area contributed by atoms with E-state index in [-0.39, 0.29) is 6.03 Å². The van der Waals surface area contributed by atoms with Crippen LogP contribution >= 0.6 is 11.3 Å². The molecule has 110 valence electrons. The fraction of sp³-hybridized carbons (Fsp3) is 0.429. The van der Waals surface area contributed by atoms with Crippen molar-refractivity contribution in [1.29, 1.82) is 0 Å². The molecule has 0 saturated carbocycles. The second-order valence-corrected chi connectivity index (χ2v) is 5.41. The van der Waals surface area contributed by atoms with E-state index in [4.69, 9.17) is 5.11 Å². The molecule has 0 aliphatic carbocycles. The van der Waals surface area contributed by atoms with Crippen molar-refractivity contribution in [2.24, 2.45) is 0 Å². The minimum Gasteiger partial charge on any atom is -0.478 e. The molecule has 0 saturated heterocycles. The number of hydrogen-bond acceptors (Lipinski definition) is 3. The van der Waals surface area contributed by atoms with Crippen LogP contribution in [0.2, 0.25) is 0 Å². The average Bonchev–Trinajstić information content (AvgIpc) is 2.84. The first kappa shape index (κ1) is 16.2. The standard InChI is InChI=1S/C14H20N2O3S/c1-3-4-7-15-14(19)16(2)9-11-8-12(20-10-11)5-6-13(17)18/h5-6,8,10H,3-4,7,9H2,1-2H3,(H,15,19)(H,17,18). The van der Waals surface area contributed by atoms with Crippen molar-refractivity contribution in [1.82, 2.24) is 10.2 Å². The van der Waals surface area contributed by atoms with E-state index in [2.05, 4.69) is 12.2 Å². The van der Waals surface area contributed by atoms with Gasteiger partial charge in [-0.05, 0) is 29.5 Å². The minimum atomic E-state index is -0.965. The molecule has 0 aromatic carbocycles. The lowest BCUT2D eigenvalue weighted by Gasteiger charge is -2.17. The number of unbranched alkanes of at least 4 members (excludes halogenated alkanes) is 1. The lowest BCUT2D eigenvalue weighted by Crippen LogP contribution is -2.37. The molecule has 1 rings (SSSR count). The highest BCUT2D eigenvalue weighted by Crippen LogP contribution is 2.17. The van der Waals surface area contributed by atoms with E-state index in [1.807, 2.05) is 11.4 Å². The summed E-state index contributed by atoms with van der Waals surface area (Å²) in [5.74, 6) is -0.965. The number of amides is 2. The van der Waals surface area contributed by atoms with Gasteiger partial charge in [-0.2, -0.15) is 0 Å². The number of urea groups is 1. The Morgan fingerprint density at radius 2 is 2.25 bits per heavy atom. The number of aliphatic carboxylic acids is 1. The third kappa shape index (κ3) is 5.88. The Hall–Kier alpha value is -1.82. The van der Waals surface area contributed by atoms with Crippen molar-refractivity contribution in [2.75, 3.05) is 13.6 Å². The Balaban J connectivity index is 2.47. The molecule has 0 aliphatic rings. The van der Waals surface area contributed by atoms with E-state index >= 15 is 0 Å². The predicted octanol–water partition coefficient (Wildman–Crippen LogP) is 2.79. The van der Waals surface area contributed by atoms with Crippen LogP contribution in [0.25, 0.3) is 6.08 Å². The zero-order valence-corrected chi connectivity index (χ0v) is 12.6. The molecule has 1 heterocycles. The highest BCUT2D eigenvalue weighted by molar-refractivity contribution is 7.11. The van der Waals surface area contributed by atoms with Gasteiger partial charge in [-0.25, -0.2) is 9.59 Å². The van der Waals surface area contributed by atoms with Crippen molar-refractivity contribution in [3.63, 3.8) is 0 Å². The first-order chi connectivity index (χ1) is 9.52. The number of nitrogens with zero attached hydrogens (tertiary/aromatic N) is 1. The summed E-state index contributed by atoms with van der Waals surface area (Å²) in [6.45, 7) is 3.28. The summed E-state index contributed by atoms with van der Waals surface area (Å²) < 4.78 is 0. The van der Waals surface area contributed by atoms with Gasteiger partial charge in [0.1, 0.15) is 0 Å². The molecule has 0 fully saturated rings. The van der Waals surface area contributed by atoms with E-state index in [1.165, 1.54) is 11.3 Å². The lowest BCUT2D eigenvalue weighted by molar-refractivity contribution is -0.131. The van der Waals surface area contributed by atoms with Crippen LogP contribution in [0.15, 0.2) is 17.5 Å². The smallest absolute Gasteiger partial charge is 0.328 e. The molecule has 2 N–H and O–H groups in total. The van der Waals surface area contributed by atoms with Crippen LogP contribution < -0.4 is 5.32 Å². The van der Waals surface area contributed by atoms with Crippen LogP contribution in [0.3, 0.4) is 0 Å². The number of carbonyl (C=O) groups is 2. The SMILES string of the molecule is CCCCNC(=O)N(C)Cc1csc(C=CC(=O)O)c1. The number of carbonyl (C=O) groups excluding carboxylic acids is 1. The number of carboxylic acid groups (broad SMARTS) is 1. The predicted molar refractivity (Wildman–Crippen MR) is 80.8 cm³/mol. The molecule has 0 unspecified atom stereocenters. The quantitative estimate of drug-likeness (QED) is 0.600. The van der Waals surface area contributed by atoms with Crippen molar-refractivity contribution in [2.45, 2.75) is 26.3 Å². The number of carboxylic acids is 1. The summed E-state index contributed by atoms with van der Waals surface area (Å²) >= 11 is 1.46. The number of hydrogen-bond donors (Lipinski definition) is 2.